The van der Waals surface area contributed by atoms with E-state index in [9.17, 15) is 9.90 Å². The van der Waals surface area contributed by atoms with Crippen LogP contribution in [0.2, 0.25) is 0 Å². The highest BCUT2D eigenvalue weighted by Crippen LogP contribution is 2.31. The Kier molecular flexibility index (Phi) is 5.74. The smallest absolute Gasteiger partial charge is 0.320 e. The highest BCUT2D eigenvalue weighted by atomic mass is 16.4. The van der Waals surface area contributed by atoms with Crippen LogP contribution in [-0.2, 0) is 4.79 Å². The monoisotopic (exact) mass is 290 g/mol. The van der Waals surface area contributed by atoms with Crippen molar-refractivity contribution in [3.8, 4) is 0 Å². The standard InChI is InChI=1S/C17H26N2O2/c1-3-4-7-15(14-10-9-13(2)12-18-14)19-11-6-5-8-16(19)17(20)21/h9-10,12,15-16H,3-8,11H2,1-2H3,(H,20,21). The number of carboxylic acid groups (broad SMARTS) is 1. The zero-order valence-electron chi connectivity index (χ0n) is 13.1. The number of carbonyl (C=O) groups is 1. The SMILES string of the molecule is CCCCC(c1ccc(C)cn1)N1CCCCC1C(=O)O. The molecule has 0 saturated carbocycles. The molecule has 2 rings (SSSR count). The second-order valence-electron chi connectivity index (χ2n) is 6.01. The highest BCUT2D eigenvalue weighted by Gasteiger charge is 2.34. The van der Waals surface area contributed by atoms with Crippen LogP contribution < -0.4 is 0 Å². The van der Waals surface area contributed by atoms with Crippen LogP contribution in [0.25, 0.3) is 0 Å². The van der Waals surface area contributed by atoms with Crippen molar-refractivity contribution in [2.24, 2.45) is 0 Å². The van der Waals surface area contributed by atoms with Crippen molar-refractivity contribution in [3.05, 3.63) is 29.6 Å². The molecule has 1 fully saturated rings. The van der Waals surface area contributed by atoms with E-state index in [1.54, 1.807) is 0 Å². The molecule has 1 saturated heterocycles. The van der Waals surface area contributed by atoms with Crippen LogP contribution in [0.1, 0.15) is 62.7 Å². The van der Waals surface area contributed by atoms with Crippen molar-refractivity contribution in [1.29, 1.82) is 0 Å². The molecular formula is C17H26N2O2. The molecular weight excluding hydrogens is 264 g/mol. The number of aliphatic carboxylic acids is 1. The van der Waals surface area contributed by atoms with Gasteiger partial charge in [-0.2, -0.15) is 0 Å². The summed E-state index contributed by atoms with van der Waals surface area (Å²) in [7, 11) is 0. The van der Waals surface area contributed by atoms with Crippen LogP contribution in [-0.4, -0.2) is 33.5 Å². The van der Waals surface area contributed by atoms with E-state index >= 15 is 0 Å². The summed E-state index contributed by atoms with van der Waals surface area (Å²) in [5, 5.41) is 9.51. The molecule has 0 aliphatic carbocycles. The Bertz CT molecular complexity index is 458. The fourth-order valence-corrected chi connectivity index (χ4v) is 3.15. The number of aryl methyl sites for hydroxylation is 1. The minimum absolute atomic E-state index is 0.131. The van der Waals surface area contributed by atoms with Gasteiger partial charge in [0.2, 0.25) is 0 Å². The van der Waals surface area contributed by atoms with E-state index in [1.807, 2.05) is 13.1 Å². The highest BCUT2D eigenvalue weighted by molar-refractivity contribution is 5.73. The molecule has 2 atom stereocenters. The Balaban J connectivity index is 2.24. The third-order valence-corrected chi connectivity index (χ3v) is 4.34. The average molecular weight is 290 g/mol. The summed E-state index contributed by atoms with van der Waals surface area (Å²) < 4.78 is 0. The number of piperidine rings is 1. The van der Waals surface area contributed by atoms with Crippen LogP contribution in [0.3, 0.4) is 0 Å². The predicted octanol–water partition coefficient (Wildman–Crippen LogP) is 3.56. The van der Waals surface area contributed by atoms with Crippen molar-refractivity contribution < 1.29 is 9.90 Å². The quantitative estimate of drug-likeness (QED) is 0.870. The van der Waals surface area contributed by atoms with Gasteiger partial charge in [0, 0.05) is 6.20 Å². The van der Waals surface area contributed by atoms with E-state index in [-0.39, 0.29) is 12.1 Å². The molecule has 21 heavy (non-hydrogen) atoms. The molecule has 1 aliphatic rings. The van der Waals surface area contributed by atoms with Crippen LogP contribution in [0.15, 0.2) is 18.3 Å². The van der Waals surface area contributed by atoms with Crippen molar-refractivity contribution in [2.75, 3.05) is 6.54 Å². The van der Waals surface area contributed by atoms with E-state index in [0.29, 0.717) is 0 Å². The molecule has 0 amide bonds. The van der Waals surface area contributed by atoms with Gasteiger partial charge in [0.05, 0.1) is 11.7 Å². The third-order valence-electron chi connectivity index (χ3n) is 4.34. The number of pyridine rings is 1. The molecule has 0 spiro atoms. The summed E-state index contributed by atoms with van der Waals surface area (Å²) in [6, 6.07) is 3.90. The maximum absolute atomic E-state index is 11.6. The largest absolute Gasteiger partial charge is 0.480 e. The maximum Gasteiger partial charge on any atom is 0.320 e. The number of rotatable bonds is 6. The Labute approximate surface area is 127 Å². The molecule has 4 heteroatoms. The van der Waals surface area contributed by atoms with E-state index in [2.05, 4.69) is 28.9 Å². The zero-order valence-corrected chi connectivity index (χ0v) is 13.1. The fourth-order valence-electron chi connectivity index (χ4n) is 3.15. The first-order chi connectivity index (χ1) is 10.1. The normalized spacial score (nSPS) is 21.1. The topological polar surface area (TPSA) is 53.4 Å². The van der Waals surface area contributed by atoms with Gasteiger partial charge in [-0.25, -0.2) is 0 Å². The Morgan fingerprint density at radius 3 is 2.90 bits per heavy atom. The number of unbranched alkanes of at least 4 members (excludes halogenated alkanes) is 1. The predicted molar refractivity (Wildman–Crippen MR) is 83.2 cm³/mol. The van der Waals surface area contributed by atoms with Gasteiger partial charge in [0.15, 0.2) is 0 Å². The van der Waals surface area contributed by atoms with Crippen molar-refractivity contribution in [2.45, 2.75) is 64.5 Å². The number of aromatic nitrogens is 1. The van der Waals surface area contributed by atoms with Crippen molar-refractivity contribution in [3.63, 3.8) is 0 Å². The van der Waals surface area contributed by atoms with Gasteiger partial charge in [-0.3, -0.25) is 14.7 Å². The van der Waals surface area contributed by atoms with E-state index < -0.39 is 5.97 Å². The molecule has 0 aromatic carbocycles. The lowest BCUT2D eigenvalue weighted by Crippen LogP contribution is -2.46. The molecule has 1 aromatic heterocycles. The van der Waals surface area contributed by atoms with E-state index in [1.165, 1.54) is 0 Å². The first-order valence-corrected chi connectivity index (χ1v) is 8.04. The van der Waals surface area contributed by atoms with E-state index in [0.717, 1.165) is 56.3 Å². The second-order valence-corrected chi connectivity index (χ2v) is 6.01. The first-order valence-electron chi connectivity index (χ1n) is 8.04. The number of hydrogen-bond donors (Lipinski definition) is 1. The minimum Gasteiger partial charge on any atom is -0.480 e. The number of hydrogen-bond acceptors (Lipinski definition) is 3. The van der Waals surface area contributed by atoms with Crippen molar-refractivity contribution in [1.82, 2.24) is 9.88 Å². The lowest BCUT2D eigenvalue weighted by Gasteiger charge is -2.39. The maximum atomic E-state index is 11.6. The van der Waals surface area contributed by atoms with Gasteiger partial charge in [-0.1, -0.05) is 32.3 Å². The molecule has 0 bridgehead atoms. The second kappa shape index (κ2) is 7.55. The summed E-state index contributed by atoms with van der Waals surface area (Å²) in [6.07, 6.45) is 7.93. The summed E-state index contributed by atoms with van der Waals surface area (Å²) in [6.45, 7) is 5.06. The van der Waals surface area contributed by atoms with Crippen LogP contribution >= 0.6 is 0 Å². The lowest BCUT2D eigenvalue weighted by atomic mass is 9.95. The third kappa shape index (κ3) is 4.03. The van der Waals surface area contributed by atoms with Crippen LogP contribution in [0.4, 0.5) is 0 Å². The van der Waals surface area contributed by atoms with Crippen LogP contribution in [0.5, 0.6) is 0 Å². The van der Waals surface area contributed by atoms with Gasteiger partial charge in [-0.15, -0.1) is 0 Å². The summed E-state index contributed by atoms with van der Waals surface area (Å²) >= 11 is 0. The Hall–Kier alpha value is -1.42. The molecule has 1 N–H and O–H groups in total. The van der Waals surface area contributed by atoms with Crippen molar-refractivity contribution >= 4 is 5.97 Å². The van der Waals surface area contributed by atoms with Gasteiger partial charge in [0.25, 0.3) is 0 Å². The van der Waals surface area contributed by atoms with Gasteiger partial charge in [-0.05, 0) is 44.4 Å². The number of carboxylic acids is 1. The molecule has 1 aromatic rings. The van der Waals surface area contributed by atoms with Gasteiger partial charge in [0.1, 0.15) is 6.04 Å². The summed E-state index contributed by atoms with van der Waals surface area (Å²) in [5.74, 6) is -0.691. The van der Waals surface area contributed by atoms with Crippen LogP contribution in [0, 0.1) is 6.92 Å². The molecule has 1 aliphatic heterocycles. The molecule has 116 valence electrons. The number of nitrogens with zero attached hydrogens (tertiary/aromatic N) is 2. The minimum atomic E-state index is -0.691. The summed E-state index contributed by atoms with van der Waals surface area (Å²) in [4.78, 5) is 18.3. The molecule has 0 radical (unpaired) electrons. The number of likely N-dealkylation sites (tertiary alicyclic amines) is 1. The average Bonchev–Trinajstić information content (AvgIpc) is 2.49. The first kappa shape index (κ1) is 16.0. The molecule has 2 unspecified atom stereocenters. The zero-order chi connectivity index (χ0) is 15.2. The fraction of sp³-hybridized carbons (Fsp3) is 0.647. The van der Waals surface area contributed by atoms with Gasteiger partial charge >= 0.3 is 5.97 Å². The summed E-state index contributed by atoms with van der Waals surface area (Å²) in [5.41, 5.74) is 2.16. The molecule has 4 nitrogen and oxygen atoms in total. The molecule has 2 heterocycles. The lowest BCUT2D eigenvalue weighted by molar-refractivity contribution is -0.146. The Morgan fingerprint density at radius 2 is 2.29 bits per heavy atom. The Morgan fingerprint density at radius 1 is 1.48 bits per heavy atom. The van der Waals surface area contributed by atoms with E-state index in [4.69, 9.17) is 0 Å². The van der Waals surface area contributed by atoms with Gasteiger partial charge < -0.3 is 5.11 Å².